The van der Waals surface area contributed by atoms with E-state index in [1.807, 2.05) is 24.3 Å². The maximum Gasteiger partial charge on any atom is 0.250 e. The number of nitrogens with one attached hydrogen (secondary N) is 1. The minimum Gasteiger partial charge on any atom is -0.352 e. The summed E-state index contributed by atoms with van der Waals surface area (Å²) in [5, 5.41) is 7.10. The largest absolute Gasteiger partial charge is 0.352 e. The molecule has 0 bridgehead atoms. The van der Waals surface area contributed by atoms with Gasteiger partial charge >= 0.3 is 0 Å². The third kappa shape index (κ3) is 4.39. The van der Waals surface area contributed by atoms with Crippen molar-refractivity contribution in [1.29, 1.82) is 0 Å². The summed E-state index contributed by atoms with van der Waals surface area (Å²) < 4.78 is 1.53. The van der Waals surface area contributed by atoms with Crippen molar-refractivity contribution in [2.75, 3.05) is 4.90 Å². The van der Waals surface area contributed by atoms with Crippen molar-refractivity contribution in [3.8, 4) is 12.3 Å². The Balaban J connectivity index is 1.72. The lowest BCUT2D eigenvalue weighted by Gasteiger charge is -2.19. The molecule has 6 nitrogen and oxygen atoms in total. The number of hydrogen-bond donors (Lipinski definition) is 1. The maximum atomic E-state index is 12.3. The van der Waals surface area contributed by atoms with Crippen LogP contribution in [0.2, 0.25) is 0 Å². The predicted molar refractivity (Wildman–Crippen MR) is 99.2 cm³/mol. The van der Waals surface area contributed by atoms with Crippen molar-refractivity contribution in [2.45, 2.75) is 32.0 Å². The second-order valence-corrected chi connectivity index (χ2v) is 6.21. The second kappa shape index (κ2) is 7.70. The van der Waals surface area contributed by atoms with E-state index in [4.69, 9.17) is 6.42 Å². The zero-order valence-corrected chi connectivity index (χ0v) is 14.4. The van der Waals surface area contributed by atoms with Crippen molar-refractivity contribution in [3.05, 3.63) is 60.4 Å². The fourth-order valence-corrected chi connectivity index (χ4v) is 2.52. The van der Waals surface area contributed by atoms with Crippen LogP contribution in [0.1, 0.15) is 24.0 Å². The molecule has 0 aliphatic heterocycles. The van der Waals surface area contributed by atoms with Gasteiger partial charge in [-0.15, -0.1) is 6.42 Å². The van der Waals surface area contributed by atoms with E-state index in [2.05, 4.69) is 22.9 Å². The Hall–Kier alpha value is -3.33. The number of benzene rings is 1. The first-order valence-corrected chi connectivity index (χ1v) is 8.40. The van der Waals surface area contributed by atoms with Gasteiger partial charge in [0.15, 0.2) is 0 Å². The van der Waals surface area contributed by atoms with E-state index in [1.165, 1.54) is 10.8 Å². The molecule has 1 heterocycles. The lowest BCUT2D eigenvalue weighted by atomic mass is 10.1. The molecule has 1 saturated carbocycles. The third-order valence-electron chi connectivity index (χ3n) is 4.08. The number of hydrogen-bond acceptors (Lipinski definition) is 3. The summed E-state index contributed by atoms with van der Waals surface area (Å²) in [6.45, 7) is 4.05. The molecule has 1 aliphatic rings. The average molecular weight is 348 g/mol. The average Bonchev–Trinajstić information content (AvgIpc) is 3.35. The van der Waals surface area contributed by atoms with E-state index in [1.54, 1.807) is 17.3 Å². The molecule has 0 unspecified atom stereocenters. The molecule has 2 aromatic rings. The Morgan fingerprint density at radius 1 is 1.38 bits per heavy atom. The summed E-state index contributed by atoms with van der Waals surface area (Å²) in [6.07, 6.45) is 12.0. The molecule has 1 fully saturated rings. The fourth-order valence-electron chi connectivity index (χ4n) is 2.52. The Morgan fingerprint density at radius 2 is 2.12 bits per heavy atom. The predicted octanol–water partition coefficient (Wildman–Crippen LogP) is 1.86. The van der Waals surface area contributed by atoms with Crippen LogP contribution in [0.4, 0.5) is 5.69 Å². The van der Waals surface area contributed by atoms with E-state index in [-0.39, 0.29) is 18.4 Å². The van der Waals surface area contributed by atoms with Gasteiger partial charge in [0.1, 0.15) is 6.54 Å². The minimum absolute atomic E-state index is 0.0754. The van der Waals surface area contributed by atoms with Gasteiger partial charge in [-0.05, 0) is 36.6 Å². The number of amides is 2. The van der Waals surface area contributed by atoms with Crippen LogP contribution in [0, 0.1) is 12.3 Å². The quantitative estimate of drug-likeness (QED) is 0.613. The number of nitrogens with zero attached hydrogens (tertiary/aromatic N) is 3. The van der Waals surface area contributed by atoms with Gasteiger partial charge < -0.3 is 10.2 Å². The third-order valence-corrected chi connectivity index (χ3v) is 4.08. The highest BCUT2D eigenvalue weighted by Crippen LogP contribution is 2.19. The van der Waals surface area contributed by atoms with Crippen LogP contribution in [0.25, 0.3) is 0 Å². The first-order valence-electron chi connectivity index (χ1n) is 8.40. The molecule has 1 N–H and O–H groups in total. The van der Waals surface area contributed by atoms with Crippen molar-refractivity contribution < 1.29 is 9.59 Å². The molecule has 3 rings (SSSR count). The number of terminal acetylenes is 1. The highest BCUT2D eigenvalue weighted by molar-refractivity contribution is 6.00. The monoisotopic (exact) mass is 348 g/mol. The molecular weight excluding hydrogens is 328 g/mol. The summed E-state index contributed by atoms with van der Waals surface area (Å²) in [6, 6.07) is 7.73. The highest BCUT2D eigenvalue weighted by Gasteiger charge is 2.23. The van der Waals surface area contributed by atoms with Crippen molar-refractivity contribution in [3.63, 3.8) is 0 Å². The molecule has 1 aliphatic carbocycles. The summed E-state index contributed by atoms with van der Waals surface area (Å²) in [7, 11) is 0. The number of carbonyl (C=O) groups excluding carboxylic acids is 2. The highest BCUT2D eigenvalue weighted by atomic mass is 16.2. The van der Waals surface area contributed by atoms with Crippen LogP contribution in [0.3, 0.4) is 0 Å². The molecule has 26 heavy (non-hydrogen) atoms. The zero-order chi connectivity index (χ0) is 18.5. The van der Waals surface area contributed by atoms with E-state index in [0.29, 0.717) is 18.3 Å². The van der Waals surface area contributed by atoms with Gasteiger partial charge in [0.25, 0.3) is 5.91 Å². The summed E-state index contributed by atoms with van der Waals surface area (Å²) in [5.41, 5.74) is 2.32. The molecule has 1 aromatic heterocycles. The van der Waals surface area contributed by atoms with Gasteiger partial charge in [0.2, 0.25) is 5.91 Å². The number of carbonyl (C=O) groups is 2. The van der Waals surface area contributed by atoms with E-state index in [0.717, 1.165) is 24.0 Å². The van der Waals surface area contributed by atoms with E-state index < -0.39 is 0 Å². The van der Waals surface area contributed by atoms with Crippen LogP contribution < -0.4 is 10.2 Å². The van der Waals surface area contributed by atoms with Crippen LogP contribution in [-0.4, -0.2) is 27.6 Å². The minimum atomic E-state index is -0.243. The second-order valence-electron chi connectivity index (χ2n) is 6.21. The SMILES string of the molecule is C#Cc1ccc(CN(C(=O)C=C)c2cnn(CC(=O)NC3CC3)c2)cc1. The van der Waals surface area contributed by atoms with Crippen LogP contribution in [-0.2, 0) is 22.7 Å². The first-order chi connectivity index (χ1) is 12.6. The smallest absolute Gasteiger partial charge is 0.250 e. The van der Waals surface area contributed by atoms with Crippen molar-refractivity contribution >= 4 is 17.5 Å². The summed E-state index contributed by atoms with van der Waals surface area (Å²) in [5.74, 6) is 2.25. The first kappa shape index (κ1) is 17.5. The molecule has 1 aromatic carbocycles. The summed E-state index contributed by atoms with van der Waals surface area (Å²) in [4.78, 5) is 25.7. The molecule has 6 heteroatoms. The van der Waals surface area contributed by atoms with Crippen LogP contribution >= 0.6 is 0 Å². The lowest BCUT2D eigenvalue weighted by molar-refractivity contribution is -0.122. The molecule has 2 amide bonds. The summed E-state index contributed by atoms with van der Waals surface area (Å²) >= 11 is 0. The van der Waals surface area contributed by atoms with Gasteiger partial charge in [-0.1, -0.05) is 24.6 Å². The van der Waals surface area contributed by atoms with Gasteiger partial charge in [0, 0.05) is 17.8 Å². The molecular formula is C20H20N4O2. The van der Waals surface area contributed by atoms with Crippen LogP contribution in [0.15, 0.2) is 49.3 Å². The normalized spacial score (nSPS) is 12.9. The van der Waals surface area contributed by atoms with Crippen LogP contribution in [0.5, 0.6) is 0 Å². The Kier molecular flexibility index (Phi) is 5.18. The number of aromatic nitrogens is 2. The topological polar surface area (TPSA) is 67.2 Å². The fraction of sp³-hybridized carbons (Fsp3) is 0.250. The molecule has 0 atom stereocenters. The molecule has 0 radical (unpaired) electrons. The molecule has 0 saturated heterocycles. The Bertz CT molecular complexity index is 857. The van der Waals surface area contributed by atoms with Crippen molar-refractivity contribution in [2.24, 2.45) is 0 Å². The number of rotatable bonds is 7. The van der Waals surface area contributed by atoms with Gasteiger partial charge in [0.05, 0.1) is 18.4 Å². The maximum absolute atomic E-state index is 12.3. The number of anilines is 1. The standard InChI is InChI=1S/C20H20N4O2/c1-3-15-5-7-16(8-6-15)12-24(20(26)4-2)18-11-21-23(13-18)14-19(25)22-17-9-10-17/h1,4-8,11,13,17H,2,9-10,12,14H2,(H,22,25). The Morgan fingerprint density at radius 3 is 2.73 bits per heavy atom. The zero-order valence-electron chi connectivity index (χ0n) is 14.4. The van der Waals surface area contributed by atoms with Gasteiger partial charge in [-0.2, -0.15) is 5.10 Å². The van der Waals surface area contributed by atoms with Gasteiger partial charge in [-0.3, -0.25) is 14.3 Å². The lowest BCUT2D eigenvalue weighted by Crippen LogP contribution is -2.30. The van der Waals surface area contributed by atoms with Gasteiger partial charge in [-0.25, -0.2) is 0 Å². The molecule has 132 valence electrons. The van der Waals surface area contributed by atoms with Crippen molar-refractivity contribution in [1.82, 2.24) is 15.1 Å². The molecule has 0 spiro atoms. The van der Waals surface area contributed by atoms with E-state index >= 15 is 0 Å². The van der Waals surface area contributed by atoms with E-state index in [9.17, 15) is 9.59 Å². The Labute approximate surface area is 152 Å².